The van der Waals surface area contributed by atoms with Crippen molar-refractivity contribution in [1.82, 2.24) is 9.78 Å². The number of ether oxygens (including phenoxy) is 1. The van der Waals surface area contributed by atoms with E-state index in [0.29, 0.717) is 4.68 Å². The maximum atomic E-state index is 13.4. The summed E-state index contributed by atoms with van der Waals surface area (Å²) < 4.78 is 44.7. The van der Waals surface area contributed by atoms with Gasteiger partial charge in [0.05, 0.1) is 28.2 Å². The van der Waals surface area contributed by atoms with Crippen LogP contribution in [0.3, 0.4) is 0 Å². The summed E-state index contributed by atoms with van der Waals surface area (Å²) >= 11 is 6.73. The number of amides is 1. The molecule has 15 heteroatoms. The molecule has 0 fully saturated rings. The number of carbonyl (C=O) groups excluding carboxylic acids is 2. The van der Waals surface area contributed by atoms with Gasteiger partial charge in [0, 0.05) is 21.9 Å². The molecule has 0 saturated heterocycles. The summed E-state index contributed by atoms with van der Waals surface area (Å²) in [6.07, 6.45) is -4.62. The summed E-state index contributed by atoms with van der Waals surface area (Å²) in [5.41, 5.74) is -3.18. The molecule has 0 aliphatic rings. The molecule has 0 aliphatic carbocycles. The van der Waals surface area contributed by atoms with Gasteiger partial charge in [-0.3, -0.25) is 19.7 Å². The maximum absolute atomic E-state index is 13.4. The Kier molecular flexibility index (Phi) is 7.20. The van der Waals surface area contributed by atoms with Crippen molar-refractivity contribution >= 4 is 56.3 Å². The van der Waals surface area contributed by atoms with E-state index in [1.165, 1.54) is 18.4 Å². The highest BCUT2D eigenvalue weighted by atomic mass is 35.5. The number of nitro benzene ring substituents is 1. The van der Waals surface area contributed by atoms with Crippen molar-refractivity contribution in [2.75, 3.05) is 11.9 Å². The number of benzene rings is 2. The molecule has 0 unspecified atom stereocenters. The Morgan fingerprint density at radius 3 is 2.50 bits per heavy atom. The van der Waals surface area contributed by atoms with Crippen LogP contribution in [0.15, 0.2) is 52.6 Å². The van der Waals surface area contributed by atoms with Gasteiger partial charge in [0.25, 0.3) is 17.2 Å². The lowest BCUT2D eigenvalue weighted by atomic mass is 10.1. The van der Waals surface area contributed by atoms with Crippen molar-refractivity contribution in [3.8, 4) is 5.69 Å². The molecule has 2 aromatic heterocycles. The zero-order valence-corrected chi connectivity index (χ0v) is 20.6. The molecule has 1 N–H and O–H groups in total. The number of alkyl halides is 3. The van der Waals surface area contributed by atoms with Crippen molar-refractivity contribution in [2.24, 2.45) is 0 Å². The van der Waals surface area contributed by atoms with Gasteiger partial charge in [0.2, 0.25) is 0 Å². The zero-order chi connectivity index (χ0) is 27.8. The topological polar surface area (TPSA) is 133 Å². The number of carbonyl (C=O) groups is 2. The highest BCUT2D eigenvalue weighted by Gasteiger charge is 2.30. The van der Waals surface area contributed by atoms with E-state index < -0.39 is 39.8 Å². The fourth-order valence-electron chi connectivity index (χ4n) is 3.48. The van der Waals surface area contributed by atoms with E-state index in [4.69, 9.17) is 16.3 Å². The minimum atomic E-state index is -4.62. The predicted molar refractivity (Wildman–Crippen MR) is 132 cm³/mol. The highest BCUT2D eigenvalue weighted by Crippen LogP contribution is 2.33. The second kappa shape index (κ2) is 10.2. The second-order valence-corrected chi connectivity index (χ2v) is 8.87. The number of thiophene rings is 1. The number of hydrogen-bond acceptors (Lipinski definition) is 8. The van der Waals surface area contributed by atoms with Crippen molar-refractivity contribution in [3.05, 3.63) is 90.2 Å². The number of nitrogens with zero attached hydrogens (tertiary/aromatic N) is 3. The van der Waals surface area contributed by atoms with Crippen molar-refractivity contribution in [2.45, 2.75) is 13.1 Å². The number of rotatable bonds is 6. The van der Waals surface area contributed by atoms with Crippen LogP contribution < -0.4 is 10.9 Å². The van der Waals surface area contributed by atoms with E-state index >= 15 is 0 Å². The number of aromatic nitrogens is 2. The Bertz CT molecular complexity index is 1650. The molecule has 0 aliphatic heterocycles. The fourth-order valence-corrected chi connectivity index (χ4v) is 4.58. The normalized spacial score (nSPS) is 11.4. The van der Waals surface area contributed by atoms with Crippen LogP contribution in [-0.4, -0.2) is 33.2 Å². The summed E-state index contributed by atoms with van der Waals surface area (Å²) in [6.45, 7) is 1.51. The molecule has 0 spiro atoms. The molecule has 4 rings (SSSR count). The van der Waals surface area contributed by atoms with Crippen molar-refractivity contribution < 1.29 is 32.4 Å². The first-order chi connectivity index (χ1) is 17.9. The van der Waals surface area contributed by atoms with E-state index in [1.807, 2.05) is 0 Å². The third-order valence-electron chi connectivity index (χ3n) is 5.19. The molecule has 0 saturated carbocycles. The molecule has 0 radical (unpaired) electrons. The molecule has 0 bridgehead atoms. The van der Waals surface area contributed by atoms with Crippen LogP contribution in [0.1, 0.15) is 33.3 Å². The van der Waals surface area contributed by atoms with Gasteiger partial charge in [-0.05, 0) is 43.3 Å². The first-order valence-corrected chi connectivity index (χ1v) is 11.8. The zero-order valence-electron chi connectivity index (χ0n) is 19.0. The second-order valence-electron chi connectivity index (χ2n) is 7.56. The van der Waals surface area contributed by atoms with Crippen LogP contribution in [-0.2, 0) is 10.9 Å². The van der Waals surface area contributed by atoms with Gasteiger partial charge >= 0.3 is 12.1 Å². The number of hydrogen-bond donors (Lipinski definition) is 1. The van der Waals surface area contributed by atoms with Gasteiger partial charge in [-0.15, -0.1) is 11.3 Å². The maximum Gasteiger partial charge on any atom is 0.416 e. The third kappa shape index (κ3) is 5.08. The highest BCUT2D eigenvalue weighted by molar-refractivity contribution is 7.16. The average Bonchev–Trinajstić information content (AvgIpc) is 3.27. The lowest BCUT2D eigenvalue weighted by Gasteiger charge is -2.11. The Balaban J connectivity index is 1.88. The molecular weight excluding hydrogens is 553 g/mol. The predicted octanol–water partition coefficient (Wildman–Crippen LogP) is 5.46. The monoisotopic (exact) mass is 566 g/mol. The van der Waals surface area contributed by atoms with Gasteiger partial charge in [-0.2, -0.15) is 23.0 Å². The number of fused-ring (bicyclic) bond motifs is 1. The van der Waals surface area contributed by atoms with Gasteiger partial charge < -0.3 is 10.1 Å². The van der Waals surface area contributed by atoms with Crippen LogP contribution in [0, 0.1) is 10.1 Å². The largest absolute Gasteiger partial charge is 0.461 e. The fraction of sp³-hybridized carbons (Fsp3) is 0.130. The number of anilines is 1. The van der Waals surface area contributed by atoms with Crippen LogP contribution in [0.25, 0.3) is 16.5 Å². The lowest BCUT2D eigenvalue weighted by molar-refractivity contribution is -0.385. The molecule has 38 heavy (non-hydrogen) atoms. The van der Waals surface area contributed by atoms with E-state index in [2.05, 4.69) is 10.4 Å². The quantitative estimate of drug-likeness (QED) is 0.186. The summed E-state index contributed by atoms with van der Waals surface area (Å²) in [4.78, 5) is 49.6. The number of halogens is 4. The van der Waals surface area contributed by atoms with Gasteiger partial charge in [0.1, 0.15) is 10.6 Å². The summed E-state index contributed by atoms with van der Waals surface area (Å²) in [5.74, 6) is -1.88. The first kappa shape index (κ1) is 26.8. The molecule has 1 amide bonds. The first-order valence-electron chi connectivity index (χ1n) is 10.6. The minimum Gasteiger partial charge on any atom is -0.461 e. The lowest BCUT2D eigenvalue weighted by Crippen LogP contribution is -2.25. The van der Waals surface area contributed by atoms with Crippen molar-refractivity contribution in [3.63, 3.8) is 0 Å². The minimum absolute atomic E-state index is 0.0116. The molecule has 2 heterocycles. The van der Waals surface area contributed by atoms with E-state index in [9.17, 15) is 37.7 Å². The van der Waals surface area contributed by atoms with E-state index in [0.717, 1.165) is 47.7 Å². The summed E-state index contributed by atoms with van der Waals surface area (Å²) in [5, 5.41) is 18.9. The molecule has 2 aromatic carbocycles. The number of esters is 1. The van der Waals surface area contributed by atoms with Gasteiger partial charge in [-0.1, -0.05) is 11.6 Å². The average molecular weight is 567 g/mol. The van der Waals surface area contributed by atoms with Crippen LogP contribution >= 0.6 is 22.9 Å². The molecule has 0 atom stereocenters. The standard InChI is InChI=1S/C23H14ClF3N4O6S/c1-2-37-22(34)18-15-10-38-20(28-19(32)14-9-12(24)5-8-16(14)31(35)36)17(15)21(33)30(29-18)13-6-3-11(4-7-13)23(25,26)27/h3-10H,2H2,1H3,(H,28,32). The van der Waals surface area contributed by atoms with E-state index in [1.54, 1.807) is 0 Å². The number of nitrogens with one attached hydrogen (secondary N) is 1. The van der Waals surface area contributed by atoms with Gasteiger partial charge in [0.15, 0.2) is 5.69 Å². The molecule has 4 aromatic rings. The molecule has 10 nitrogen and oxygen atoms in total. The Labute approximate surface area is 219 Å². The Morgan fingerprint density at radius 1 is 1.21 bits per heavy atom. The molecule has 196 valence electrons. The molecular formula is C23H14ClF3N4O6S. The Hall–Kier alpha value is -4.30. The smallest absolute Gasteiger partial charge is 0.416 e. The van der Waals surface area contributed by atoms with Crippen LogP contribution in [0.4, 0.5) is 23.9 Å². The van der Waals surface area contributed by atoms with Crippen molar-refractivity contribution in [1.29, 1.82) is 0 Å². The van der Waals surface area contributed by atoms with E-state index in [-0.39, 0.29) is 44.3 Å². The Morgan fingerprint density at radius 2 is 1.89 bits per heavy atom. The SMILES string of the molecule is CCOC(=O)c1nn(-c2ccc(C(F)(F)F)cc2)c(=O)c2c(NC(=O)c3cc(Cl)ccc3[N+](=O)[O-])scc12. The van der Waals surface area contributed by atoms with Gasteiger partial charge in [-0.25, -0.2) is 4.79 Å². The summed E-state index contributed by atoms with van der Waals surface area (Å²) in [6, 6.07) is 6.84. The summed E-state index contributed by atoms with van der Waals surface area (Å²) in [7, 11) is 0. The third-order valence-corrected chi connectivity index (χ3v) is 6.32. The number of nitro groups is 1. The van der Waals surface area contributed by atoms with Crippen LogP contribution in [0.2, 0.25) is 5.02 Å². The van der Waals surface area contributed by atoms with Crippen LogP contribution in [0.5, 0.6) is 0 Å².